The maximum Gasteiger partial charge on any atom is 0.160 e. The van der Waals surface area contributed by atoms with Gasteiger partial charge in [-0.25, -0.2) is 0 Å². The molecule has 100 valence electrons. The first-order valence-corrected chi connectivity index (χ1v) is 6.97. The zero-order valence-corrected chi connectivity index (χ0v) is 11.9. The molecular weight excluding hydrogens is 246 g/mol. The predicted molar refractivity (Wildman–Crippen MR) is 84.3 cm³/mol. The Bertz CT molecular complexity index is 934. The van der Waals surface area contributed by atoms with Crippen LogP contribution in [0, 0.1) is 0 Å². The highest BCUT2D eigenvalue weighted by atomic mass is 16.3. The molecule has 0 saturated heterocycles. The summed E-state index contributed by atoms with van der Waals surface area (Å²) in [4.78, 5) is 3.49. The highest BCUT2D eigenvalue weighted by Gasteiger charge is 2.17. The molecular formula is C18H17NO. The molecule has 0 unspecified atom stereocenters. The topological polar surface area (TPSA) is 28.9 Å². The van der Waals surface area contributed by atoms with Gasteiger partial charge in [0, 0.05) is 16.3 Å². The van der Waals surface area contributed by atoms with E-state index in [4.69, 9.17) is 4.42 Å². The number of nitrogens with one attached hydrogen (secondary N) is 1. The Morgan fingerprint density at radius 2 is 1.75 bits per heavy atom. The molecule has 0 aliphatic rings. The third kappa shape index (κ3) is 1.51. The lowest BCUT2D eigenvalue weighted by molar-refractivity contribution is 0.590. The Hall–Kier alpha value is -2.22. The van der Waals surface area contributed by atoms with Gasteiger partial charge in [-0.15, -0.1) is 0 Å². The third-order valence-electron chi connectivity index (χ3n) is 3.99. The first-order valence-electron chi connectivity index (χ1n) is 6.97. The molecule has 4 aromatic rings. The average Bonchev–Trinajstić information content (AvgIpc) is 2.93. The quantitative estimate of drug-likeness (QED) is 0.454. The number of rotatable bonds is 0. The Morgan fingerprint density at radius 1 is 0.950 bits per heavy atom. The van der Waals surface area contributed by atoms with Crippen LogP contribution in [0.2, 0.25) is 0 Å². The summed E-state index contributed by atoms with van der Waals surface area (Å²) in [7, 11) is 0. The number of aromatic amines is 1. The van der Waals surface area contributed by atoms with Crippen molar-refractivity contribution in [2.75, 3.05) is 0 Å². The van der Waals surface area contributed by atoms with Crippen molar-refractivity contribution in [1.29, 1.82) is 0 Å². The lowest BCUT2D eigenvalue weighted by atomic mass is 9.86. The average molecular weight is 263 g/mol. The number of aromatic nitrogens is 1. The molecule has 0 aliphatic carbocycles. The van der Waals surface area contributed by atoms with E-state index in [0.717, 1.165) is 27.6 Å². The van der Waals surface area contributed by atoms with Gasteiger partial charge in [-0.3, -0.25) is 0 Å². The van der Waals surface area contributed by atoms with Gasteiger partial charge in [-0.1, -0.05) is 39.0 Å². The summed E-state index contributed by atoms with van der Waals surface area (Å²) in [5, 5.41) is 2.32. The molecule has 0 radical (unpaired) electrons. The van der Waals surface area contributed by atoms with Gasteiger partial charge in [0.25, 0.3) is 0 Å². The van der Waals surface area contributed by atoms with Gasteiger partial charge in [0.15, 0.2) is 5.58 Å². The minimum atomic E-state index is 0.143. The maximum atomic E-state index is 6.04. The van der Waals surface area contributed by atoms with Crippen molar-refractivity contribution in [1.82, 2.24) is 4.98 Å². The summed E-state index contributed by atoms with van der Waals surface area (Å²) in [6, 6.07) is 14.8. The molecule has 0 fully saturated rings. The van der Waals surface area contributed by atoms with E-state index in [-0.39, 0.29) is 5.41 Å². The molecule has 0 aliphatic heterocycles. The first kappa shape index (κ1) is 11.6. The molecule has 20 heavy (non-hydrogen) atoms. The summed E-state index contributed by atoms with van der Waals surface area (Å²) >= 11 is 0. The number of fused-ring (bicyclic) bond motifs is 5. The van der Waals surface area contributed by atoms with E-state index < -0.39 is 0 Å². The Morgan fingerprint density at radius 3 is 2.55 bits per heavy atom. The van der Waals surface area contributed by atoms with Crippen LogP contribution in [0.5, 0.6) is 0 Å². The van der Waals surface area contributed by atoms with Gasteiger partial charge in [-0.2, -0.15) is 0 Å². The van der Waals surface area contributed by atoms with Crippen LogP contribution in [0.1, 0.15) is 26.3 Å². The van der Waals surface area contributed by atoms with Crippen LogP contribution in [0.15, 0.2) is 46.9 Å². The lowest BCUT2D eigenvalue weighted by Gasteiger charge is -2.18. The van der Waals surface area contributed by atoms with Crippen molar-refractivity contribution in [3.63, 3.8) is 0 Å². The zero-order chi connectivity index (χ0) is 13.9. The second kappa shape index (κ2) is 3.66. The number of H-pyrrole nitrogens is 1. The van der Waals surface area contributed by atoms with Crippen molar-refractivity contribution in [3.8, 4) is 0 Å². The molecule has 4 rings (SSSR count). The van der Waals surface area contributed by atoms with E-state index >= 15 is 0 Å². The van der Waals surface area contributed by atoms with E-state index in [9.17, 15) is 0 Å². The molecule has 2 nitrogen and oxygen atoms in total. The SMILES string of the molecule is CC(C)(C)c1ccc2oc3c4ccccc4[nH]c3c2c1. The highest BCUT2D eigenvalue weighted by Crippen LogP contribution is 2.36. The fourth-order valence-electron chi connectivity index (χ4n) is 2.80. The molecule has 2 aromatic heterocycles. The largest absolute Gasteiger partial charge is 0.454 e. The summed E-state index contributed by atoms with van der Waals surface area (Å²) in [5.74, 6) is 0. The van der Waals surface area contributed by atoms with Crippen LogP contribution >= 0.6 is 0 Å². The van der Waals surface area contributed by atoms with Crippen molar-refractivity contribution in [3.05, 3.63) is 48.0 Å². The lowest BCUT2D eigenvalue weighted by Crippen LogP contribution is -2.10. The van der Waals surface area contributed by atoms with E-state index in [1.165, 1.54) is 10.9 Å². The smallest absolute Gasteiger partial charge is 0.160 e. The van der Waals surface area contributed by atoms with Crippen molar-refractivity contribution < 1.29 is 4.42 Å². The van der Waals surface area contributed by atoms with Gasteiger partial charge >= 0.3 is 0 Å². The molecule has 0 amide bonds. The van der Waals surface area contributed by atoms with Gasteiger partial charge in [0.1, 0.15) is 5.58 Å². The van der Waals surface area contributed by atoms with Crippen LogP contribution in [0.3, 0.4) is 0 Å². The van der Waals surface area contributed by atoms with Crippen LogP contribution in [0.4, 0.5) is 0 Å². The normalized spacial score (nSPS) is 12.8. The molecule has 0 spiro atoms. The Kier molecular flexibility index (Phi) is 2.12. The van der Waals surface area contributed by atoms with E-state index in [0.29, 0.717) is 0 Å². The third-order valence-corrected chi connectivity index (χ3v) is 3.99. The fourth-order valence-corrected chi connectivity index (χ4v) is 2.80. The van der Waals surface area contributed by atoms with Crippen molar-refractivity contribution in [2.24, 2.45) is 0 Å². The van der Waals surface area contributed by atoms with Crippen LogP contribution in [-0.2, 0) is 5.41 Å². The van der Waals surface area contributed by atoms with Crippen molar-refractivity contribution >= 4 is 33.0 Å². The fraction of sp³-hybridized carbons (Fsp3) is 0.222. The summed E-state index contributed by atoms with van der Waals surface area (Å²) in [6.45, 7) is 6.70. The van der Waals surface area contributed by atoms with Gasteiger partial charge in [0.05, 0.1) is 5.52 Å². The standard InChI is InChI=1S/C18H17NO/c1-18(2,3)11-8-9-15-13(10-11)16-17(20-15)12-6-4-5-7-14(12)19-16/h4-10,19H,1-3H3. The number of furan rings is 1. The summed E-state index contributed by atoms with van der Waals surface area (Å²) in [5.41, 5.74) is 5.61. The maximum absolute atomic E-state index is 6.04. The molecule has 0 atom stereocenters. The van der Waals surface area contributed by atoms with Gasteiger partial charge < -0.3 is 9.40 Å². The summed E-state index contributed by atoms with van der Waals surface area (Å²) in [6.07, 6.45) is 0. The molecule has 2 heterocycles. The Labute approximate surface area is 117 Å². The van der Waals surface area contributed by atoms with E-state index in [1.54, 1.807) is 0 Å². The van der Waals surface area contributed by atoms with Crippen LogP contribution < -0.4 is 0 Å². The number of para-hydroxylation sites is 1. The predicted octanol–water partition coefficient (Wildman–Crippen LogP) is 5.36. The highest BCUT2D eigenvalue weighted by molar-refractivity contribution is 6.14. The minimum Gasteiger partial charge on any atom is -0.454 e. The first-order chi connectivity index (χ1) is 9.54. The van der Waals surface area contributed by atoms with E-state index in [1.807, 2.05) is 12.1 Å². The molecule has 2 heteroatoms. The molecule has 0 bridgehead atoms. The van der Waals surface area contributed by atoms with E-state index in [2.05, 4.69) is 56.1 Å². The Balaban J connectivity index is 2.13. The molecule has 2 aromatic carbocycles. The number of hydrogen-bond acceptors (Lipinski definition) is 1. The molecule has 1 N–H and O–H groups in total. The molecule has 0 saturated carbocycles. The zero-order valence-electron chi connectivity index (χ0n) is 11.9. The second-order valence-electron chi connectivity index (χ2n) is 6.44. The number of benzene rings is 2. The second-order valence-corrected chi connectivity index (χ2v) is 6.44. The van der Waals surface area contributed by atoms with Crippen molar-refractivity contribution in [2.45, 2.75) is 26.2 Å². The summed E-state index contributed by atoms with van der Waals surface area (Å²) < 4.78 is 6.04. The van der Waals surface area contributed by atoms with Gasteiger partial charge in [0.2, 0.25) is 0 Å². The number of hydrogen-bond donors (Lipinski definition) is 1. The van der Waals surface area contributed by atoms with Crippen LogP contribution in [0.25, 0.3) is 33.0 Å². The van der Waals surface area contributed by atoms with Crippen LogP contribution in [-0.4, -0.2) is 4.98 Å². The van der Waals surface area contributed by atoms with Gasteiger partial charge in [-0.05, 0) is 35.2 Å². The monoisotopic (exact) mass is 263 g/mol. The minimum absolute atomic E-state index is 0.143.